The Morgan fingerprint density at radius 2 is 2.00 bits per heavy atom. The van der Waals surface area contributed by atoms with E-state index in [0.717, 1.165) is 16.9 Å². The number of halogens is 1. The number of anilines is 1. The number of amidine groups is 1. The van der Waals surface area contributed by atoms with Gasteiger partial charge in [-0.2, -0.15) is 0 Å². The molecule has 1 fully saturated rings. The predicted octanol–water partition coefficient (Wildman–Crippen LogP) is 4.16. The van der Waals surface area contributed by atoms with E-state index in [0.29, 0.717) is 35.2 Å². The number of nitrogens with one attached hydrogen (secondary N) is 1. The second-order valence-corrected chi connectivity index (χ2v) is 9.97. The summed E-state index contributed by atoms with van der Waals surface area (Å²) in [6.07, 6.45) is 1.54. The molecule has 1 heterocycles. The first-order valence-corrected chi connectivity index (χ1v) is 13.4. The van der Waals surface area contributed by atoms with Gasteiger partial charge in [0.25, 0.3) is 0 Å². The lowest BCUT2D eigenvalue weighted by Crippen LogP contribution is -2.48. The Bertz CT molecular complexity index is 1270. The largest absolute Gasteiger partial charge is 0.496 e. The van der Waals surface area contributed by atoms with E-state index in [4.69, 9.17) is 26.9 Å². The van der Waals surface area contributed by atoms with Crippen LogP contribution in [0.5, 0.6) is 5.75 Å². The minimum Gasteiger partial charge on any atom is -0.496 e. The fraction of sp³-hybridized carbons (Fsp3) is 0.429. The maximum atomic E-state index is 13.9. The van der Waals surface area contributed by atoms with Crippen molar-refractivity contribution in [2.45, 2.75) is 39.2 Å². The summed E-state index contributed by atoms with van der Waals surface area (Å²) < 4.78 is 5.48. The normalized spacial score (nSPS) is 17.4. The van der Waals surface area contributed by atoms with Gasteiger partial charge in [0.2, 0.25) is 5.91 Å². The molecule has 0 aliphatic carbocycles. The third kappa shape index (κ3) is 7.35. The molecule has 2 atom stereocenters. The van der Waals surface area contributed by atoms with E-state index in [1.807, 2.05) is 6.92 Å². The SMILES string of the molecule is CCC[C@@H](NC(=O)N1C/C(=N/OCC)N(C)C[C@H](Cc2cc(Cl)ccc2OC)C1=O)c1ccc(C(=O)O)c(N)c1. The molecule has 0 aromatic heterocycles. The molecule has 1 aliphatic rings. The highest BCUT2D eigenvalue weighted by molar-refractivity contribution is 6.30. The molecule has 3 amide bonds. The number of carboxylic acid groups (broad SMARTS) is 1. The highest BCUT2D eigenvalue weighted by Gasteiger charge is 2.37. The number of hydrogen-bond acceptors (Lipinski definition) is 7. The van der Waals surface area contributed by atoms with Crippen molar-refractivity contribution in [1.29, 1.82) is 0 Å². The van der Waals surface area contributed by atoms with Crippen LogP contribution in [0.3, 0.4) is 0 Å². The Balaban J connectivity index is 1.94. The molecule has 1 aliphatic heterocycles. The van der Waals surface area contributed by atoms with Crippen molar-refractivity contribution in [2.75, 3.05) is 39.6 Å². The number of carbonyl (C=O) groups excluding carboxylic acids is 2. The van der Waals surface area contributed by atoms with Crippen molar-refractivity contribution in [3.8, 4) is 5.75 Å². The van der Waals surface area contributed by atoms with E-state index in [2.05, 4.69) is 10.5 Å². The number of carbonyl (C=O) groups is 3. The molecule has 0 spiro atoms. The Morgan fingerprint density at radius 1 is 1.25 bits per heavy atom. The summed E-state index contributed by atoms with van der Waals surface area (Å²) in [5, 5.41) is 16.9. The van der Waals surface area contributed by atoms with Crippen molar-refractivity contribution >= 4 is 41.0 Å². The first-order valence-electron chi connectivity index (χ1n) is 13.1. The number of ether oxygens (including phenoxy) is 1. The number of imide groups is 1. The third-order valence-electron chi connectivity index (χ3n) is 6.69. The summed E-state index contributed by atoms with van der Waals surface area (Å²) in [5.74, 6) is -1.12. The van der Waals surface area contributed by atoms with E-state index in [9.17, 15) is 19.5 Å². The quantitative estimate of drug-likeness (QED) is 0.283. The van der Waals surface area contributed by atoms with Gasteiger partial charge in [-0.3, -0.25) is 9.69 Å². The fourth-order valence-electron chi connectivity index (χ4n) is 4.64. The number of aromatic carboxylic acids is 1. The van der Waals surface area contributed by atoms with Crippen LogP contribution in [0.25, 0.3) is 0 Å². The molecule has 12 heteroatoms. The average molecular weight is 574 g/mol. The lowest BCUT2D eigenvalue weighted by molar-refractivity contribution is -0.131. The summed E-state index contributed by atoms with van der Waals surface area (Å²) in [6, 6.07) is 8.66. The number of hydrogen-bond donors (Lipinski definition) is 3. The zero-order valence-corrected chi connectivity index (χ0v) is 23.9. The second-order valence-electron chi connectivity index (χ2n) is 9.53. The molecule has 216 valence electrons. The molecule has 40 heavy (non-hydrogen) atoms. The molecule has 0 saturated carbocycles. The van der Waals surface area contributed by atoms with E-state index < -0.39 is 24.0 Å². The van der Waals surface area contributed by atoms with Gasteiger partial charge in [-0.05, 0) is 61.2 Å². The van der Waals surface area contributed by atoms with Crippen LogP contribution in [0.4, 0.5) is 10.5 Å². The van der Waals surface area contributed by atoms with Crippen molar-refractivity contribution < 1.29 is 29.1 Å². The fourth-order valence-corrected chi connectivity index (χ4v) is 4.83. The van der Waals surface area contributed by atoms with E-state index >= 15 is 0 Å². The highest BCUT2D eigenvalue weighted by atomic mass is 35.5. The van der Waals surface area contributed by atoms with Crippen molar-refractivity contribution in [1.82, 2.24) is 15.1 Å². The number of urea groups is 1. The lowest BCUT2D eigenvalue weighted by atomic mass is 9.97. The summed E-state index contributed by atoms with van der Waals surface area (Å²) in [6.45, 7) is 4.27. The monoisotopic (exact) mass is 573 g/mol. The number of likely N-dealkylation sites (N-methyl/N-ethyl adjacent to an activating group) is 1. The van der Waals surface area contributed by atoms with Gasteiger partial charge in [0, 0.05) is 24.3 Å². The molecular formula is C28H36ClN5O6. The Hall–Kier alpha value is -3.99. The van der Waals surface area contributed by atoms with Crippen LogP contribution in [-0.2, 0) is 16.1 Å². The van der Waals surface area contributed by atoms with Gasteiger partial charge < -0.3 is 30.6 Å². The second kappa shape index (κ2) is 13.9. The molecule has 11 nitrogen and oxygen atoms in total. The Kier molecular flexibility index (Phi) is 10.6. The van der Waals surface area contributed by atoms with Crippen LogP contribution in [-0.4, -0.2) is 72.5 Å². The standard InChI is InChI=1S/C28H36ClN5O6/c1-5-7-23(17-8-10-21(27(36)37)22(30)14-17)31-28(38)34-16-25(32-40-6-2)33(3)15-19(26(34)35)12-18-13-20(29)9-11-24(18)39-4/h8-11,13-14,19,23H,5-7,12,15-16,30H2,1-4H3,(H,31,38)(H,36,37)/b32-25-/t19-,23+/m0/s1. The number of oxime groups is 1. The van der Waals surface area contributed by atoms with Gasteiger partial charge in [-0.25, -0.2) is 9.59 Å². The number of benzene rings is 2. The molecule has 2 aromatic carbocycles. The van der Waals surface area contributed by atoms with E-state index in [-0.39, 0.29) is 36.7 Å². The van der Waals surface area contributed by atoms with E-state index in [1.54, 1.807) is 50.2 Å². The summed E-state index contributed by atoms with van der Waals surface area (Å²) in [4.78, 5) is 47.2. The summed E-state index contributed by atoms with van der Waals surface area (Å²) in [5.41, 5.74) is 7.42. The van der Waals surface area contributed by atoms with Gasteiger partial charge in [0.15, 0.2) is 5.84 Å². The summed E-state index contributed by atoms with van der Waals surface area (Å²) >= 11 is 6.23. The number of rotatable bonds is 10. The first kappa shape index (κ1) is 30.6. The molecular weight excluding hydrogens is 538 g/mol. The van der Waals surface area contributed by atoms with Crippen LogP contribution < -0.4 is 15.8 Å². The van der Waals surface area contributed by atoms with Gasteiger partial charge >= 0.3 is 12.0 Å². The number of methoxy groups -OCH3 is 1. The number of nitrogens with zero attached hydrogens (tertiary/aromatic N) is 3. The van der Waals surface area contributed by atoms with Crippen LogP contribution in [0, 0.1) is 5.92 Å². The van der Waals surface area contributed by atoms with Gasteiger partial charge in [-0.15, -0.1) is 0 Å². The van der Waals surface area contributed by atoms with Gasteiger partial charge in [-0.1, -0.05) is 36.2 Å². The zero-order valence-electron chi connectivity index (χ0n) is 23.1. The smallest absolute Gasteiger partial charge is 0.337 e. The number of nitrogens with two attached hydrogens (primary N) is 1. The molecule has 1 saturated heterocycles. The topological polar surface area (TPSA) is 147 Å². The molecule has 3 rings (SSSR count). The molecule has 4 N–H and O–H groups in total. The van der Waals surface area contributed by atoms with E-state index in [1.165, 1.54) is 12.1 Å². The average Bonchev–Trinajstić information content (AvgIpc) is 3.02. The van der Waals surface area contributed by atoms with Crippen molar-refractivity contribution in [3.63, 3.8) is 0 Å². The number of nitrogen functional groups attached to an aromatic ring is 1. The summed E-state index contributed by atoms with van der Waals surface area (Å²) in [7, 11) is 3.34. The van der Waals surface area contributed by atoms with Gasteiger partial charge in [0.05, 0.1) is 31.2 Å². The van der Waals surface area contributed by atoms with Gasteiger partial charge in [0.1, 0.15) is 12.4 Å². The van der Waals surface area contributed by atoms with Crippen LogP contribution in [0.2, 0.25) is 5.02 Å². The maximum absolute atomic E-state index is 13.9. The predicted molar refractivity (Wildman–Crippen MR) is 153 cm³/mol. The van der Waals surface area contributed by atoms with Crippen LogP contribution >= 0.6 is 11.6 Å². The number of amides is 3. The molecule has 0 bridgehead atoms. The van der Waals surface area contributed by atoms with Crippen LogP contribution in [0.1, 0.15) is 54.2 Å². The van der Waals surface area contributed by atoms with Crippen molar-refractivity contribution in [2.24, 2.45) is 11.1 Å². The zero-order chi connectivity index (χ0) is 29.4. The number of carboxylic acids is 1. The minimum absolute atomic E-state index is 0.0212. The Morgan fingerprint density at radius 3 is 2.62 bits per heavy atom. The van der Waals surface area contributed by atoms with Crippen molar-refractivity contribution in [3.05, 3.63) is 58.1 Å². The molecule has 0 radical (unpaired) electrons. The maximum Gasteiger partial charge on any atom is 0.337 e. The molecule has 2 aromatic rings. The molecule has 0 unspecified atom stereocenters. The Labute approximate surface area is 238 Å². The third-order valence-corrected chi connectivity index (χ3v) is 6.92. The first-order chi connectivity index (χ1) is 19.1. The lowest BCUT2D eigenvalue weighted by Gasteiger charge is -2.26. The minimum atomic E-state index is -1.14. The highest BCUT2D eigenvalue weighted by Crippen LogP contribution is 2.28. The van der Waals surface area contributed by atoms with Crippen LogP contribution in [0.15, 0.2) is 41.6 Å².